The summed E-state index contributed by atoms with van der Waals surface area (Å²) in [5.41, 5.74) is 5.76. The smallest absolute Gasteiger partial charge is 0.255 e. The molecule has 0 bridgehead atoms. The third-order valence-corrected chi connectivity index (χ3v) is 4.96. The number of hydrogen-bond donors (Lipinski definition) is 1. The molecule has 2 aromatic carbocycles. The highest BCUT2D eigenvalue weighted by atomic mass is 16.2. The van der Waals surface area contributed by atoms with Gasteiger partial charge in [0.25, 0.3) is 5.91 Å². The summed E-state index contributed by atoms with van der Waals surface area (Å²) in [7, 11) is 0. The lowest BCUT2D eigenvalue weighted by Crippen LogP contribution is -2.32. The van der Waals surface area contributed by atoms with Crippen LogP contribution >= 0.6 is 0 Å². The molecule has 0 aromatic heterocycles. The van der Waals surface area contributed by atoms with Gasteiger partial charge in [-0.25, -0.2) is 0 Å². The molecule has 2 aliphatic heterocycles. The van der Waals surface area contributed by atoms with Gasteiger partial charge in [0.15, 0.2) is 0 Å². The molecule has 2 amide bonds. The van der Waals surface area contributed by atoms with Crippen molar-refractivity contribution in [2.24, 2.45) is 0 Å². The summed E-state index contributed by atoms with van der Waals surface area (Å²) in [6.45, 7) is 4.72. The molecule has 0 radical (unpaired) electrons. The first-order valence-electron chi connectivity index (χ1n) is 8.41. The molecule has 4 nitrogen and oxygen atoms in total. The van der Waals surface area contributed by atoms with Crippen LogP contribution < -0.4 is 10.2 Å². The van der Waals surface area contributed by atoms with Crippen LogP contribution in [-0.4, -0.2) is 18.4 Å². The van der Waals surface area contributed by atoms with Gasteiger partial charge in [-0.15, -0.1) is 0 Å². The van der Waals surface area contributed by atoms with E-state index in [4.69, 9.17) is 0 Å². The molecule has 0 unspecified atom stereocenters. The maximum absolute atomic E-state index is 12.5. The topological polar surface area (TPSA) is 49.4 Å². The van der Waals surface area contributed by atoms with E-state index in [0.717, 1.165) is 47.5 Å². The summed E-state index contributed by atoms with van der Waals surface area (Å²) in [5, 5.41) is 3.00. The van der Waals surface area contributed by atoms with Crippen molar-refractivity contribution in [2.75, 3.05) is 16.8 Å². The van der Waals surface area contributed by atoms with Gasteiger partial charge in [0.05, 0.1) is 11.6 Å². The zero-order valence-electron chi connectivity index (χ0n) is 13.9. The van der Waals surface area contributed by atoms with Crippen LogP contribution in [0.2, 0.25) is 0 Å². The zero-order valence-corrected chi connectivity index (χ0v) is 13.9. The highest BCUT2D eigenvalue weighted by molar-refractivity contribution is 6.08. The van der Waals surface area contributed by atoms with E-state index in [9.17, 15) is 9.59 Å². The zero-order chi connectivity index (χ0) is 16.8. The molecular formula is C20H20N2O2. The lowest BCUT2D eigenvalue weighted by atomic mass is 9.96. The summed E-state index contributed by atoms with van der Waals surface area (Å²) < 4.78 is 0. The molecule has 2 aliphatic rings. The Labute approximate surface area is 141 Å². The third kappa shape index (κ3) is 2.30. The molecule has 2 heterocycles. The van der Waals surface area contributed by atoms with E-state index >= 15 is 0 Å². The number of carbonyl (C=O) groups is 2. The van der Waals surface area contributed by atoms with Crippen LogP contribution in [0.1, 0.15) is 46.3 Å². The molecule has 24 heavy (non-hydrogen) atoms. The summed E-state index contributed by atoms with van der Waals surface area (Å²) >= 11 is 0. The van der Waals surface area contributed by atoms with Gasteiger partial charge in [-0.1, -0.05) is 17.7 Å². The largest absolute Gasteiger partial charge is 0.322 e. The Morgan fingerprint density at radius 1 is 1.25 bits per heavy atom. The van der Waals surface area contributed by atoms with Gasteiger partial charge in [-0.05, 0) is 62.1 Å². The van der Waals surface area contributed by atoms with Gasteiger partial charge in [0.2, 0.25) is 5.91 Å². The van der Waals surface area contributed by atoms with Gasteiger partial charge < -0.3 is 10.2 Å². The van der Waals surface area contributed by atoms with E-state index in [1.165, 1.54) is 0 Å². The van der Waals surface area contributed by atoms with Crippen LogP contribution in [0.3, 0.4) is 0 Å². The van der Waals surface area contributed by atoms with Gasteiger partial charge in [0, 0.05) is 17.8 Å². The minimum Gasteiger partial charge on any atom is -0.322 e. The van der Waals surface area contributed by atoms with E-state index < -0.39 is 0 Å². The molecule has 0 saturated carbocycles. The van der Waals surface area contributed by atoms with E-state index in [2.05, 4.69) is 5.32 Å². The molecule has 0 fully saturated rings. The second-order valence-corrected chi connectivity index (χ2v) is 6.71. The fraction of sp³-hybridized carbons (Fsp3) is 0.300. The number of nitrogens with zero attached hydrogens (tertiary/aromatic N) is 1. The van der Waals surface area contributed by atoms with Crippen molar-refractivity contribution < 1.29 is 9.59 Å². The number of amides is 2. The Morgan fingerprint density at radius 2 is 2.08 bits per heavy atom. The standard InChI is InChI=1S/C20H20N2O2/c1-12-5-3-6-15(9-12)19(23)21-16-10-14-7-4-8-22-18(14)17(11-16)13(2)20(22)24/h3,5-6,9-11,13H,4,7-8H2,1-2H3,(H,21,23)/t13-/m0/s1. The van der Waals surface area contributed by atoms with Crippen molar-refractivity contribution in [3.8, 4) is 0 Å². The highest BCUT2D eigenvalue weighted by Gasteiger charge is 2.37. The number of aryl methyl sites for hydroxylation is 2. The second kappa shape index (κ2) is 5.48. The summed E-state index contributed by atoms with van der Waals surface area (Å²) in [4.78, 5) is 26.8. The van der Waals surface area contributed by atoms with Crippen molar-refractivity contribution in [2.45, 2.75) is 32.6 Å². The molecule has 0 aliphatic carbocycles. The van der Waals surface area contributed by atoms with E-state index in [1.54, 1.807) is 0 Å². The molecule has 1 atom stereocenters. The van der Waals surface area contributed by atoms with Crippen LogP contribution in [0.15, 0.2) is 36.4 Å². The number of carbonyl (C=O) groups excluding carboxylic acids is 2. The summed E-state index contributed by atoms with van der Waals surface area (Å²) in [6, 6.07) is 11.5. The molecule has 122 valence electrons. The molecule has 4 heteroatoms. The highest BCUT2D eigenvalue weighted by Crippen LogP contribution is 2.44. The van der Waals surface area contributed by atoms with Crippen LogP contribution in [0.4, 0.5) is 11.4 Å². The number of anilines is 2. The first-order valence-corrected chi connectivity index (χ1v) is 8.41. The van der Waals surface area contributed by atoms with Crippen LogP contribution in [0.25, 0.3) is 0 Å². The van der Waals surface area contributed by atoms with E-state index in [1.807, 2.05) is 55.1 Å². The molecule has 0 saturated heterocycles. The monoisotopic (exact) mass is 320 g/mol. The fourth-order valence-corrected chi connectivity index (χ4v) is 3.76. The average molecular weight is 320 g/mol. The predicted octanol–water partition coefficient (Wildman–Crippen LogP) is 3.64. The number of rotatable bonds is 2. The lowest BCUT2D eigenvalue weighted by Gasteiger charge is -2.26. The van der Waals surface area contributed by atoms with Crippen LogP contribution in [-0.2, 0) is 11.2 Å². The predicted molar refractivity (Wildman–Crippen MR) is 94.7 cm³/mol. The van der Waals surface area contributed by atoms with E-state index in [-0.39, 0.29) is 17.7 Å². The van der Waals surface area contributed by atoms with Crippen LogP contribution in [0.5, 0.6) is 0 Å². The van der Waals surface area contributed by atoms with Crippen molar-refractivity contribution >= 4 is 23.2 Å². The Morgan fingerprint density at radius 3 is 2.88 bits per heavy atom. The van der Waals surface area contributed by atoms with E-state index in [0.29, 0.717) is 5.56 Å². The molecular weight excluding hydrogens is 300 g/mol. The Balaban J connectivity index is 1.69. The molecule has 2 aromatic rings. The van der Waals surface area contributed by atoms with Gasteiger partial charge in [-0.3, -0.25) is 9.59 Å². The quantitative estimate of drug-likeness (QED) is 0.918. The summed E-state index contributed by atoms with van der Waals surface area (Å²) in [6.07, 6.45) is 1.92. The second-order valence-electron chi connectivity index (χ2n) is 6.71. The minimum absolute atomic E-state index is 0.115. The maximum Gasteiger partial charge on any atom is 0.255 e. The van der Waals surface area contributed by atoms with Gasteiger partial charge >= 0.3 is 0 Å². The average Bonchev–Trinajstić information content (AvgIpc) is 2.82. The SMILES string of the molecule is Cc1cccc(C(=O)Nc2cc3c4c(c2)[C@H](C)C(=O)N4CCC3)c1. The first kappa shape index (κ1) is 14.9. The number of benzene rings is 2. The molecule has 0 spiro atoms. The Bertz CT molecular complexity index is 857. The Hall–Kier alpha value is -2.62. The number of hydrogen-bond acceptors (Lipinski definition) is 2. The van der Waals surface area contributed by atoms with Crippen molar-refractivity contribution in [1.82, 2.24) is 0 Å². The fourth-order valence-electron chi connectivity index (χ4n) is 3.76. The normalized spacial score (nSPS) is 18.5. The van der Waals surface area contributed by atoms with Crippen molar-refractivity contribution in [1.29, 1.82) is 0 Å². The van der Waals surface area contributed by atoms with Crippen molar-refractivity contribution in [3.63, 3.8) is 0 Å². The maximum atomic E-state index is 12.5. The third-order valence-electron chi connectivity index (χ3n) is 4.96. The molecule has 4 rings (SSSR count). The summed E-state index contributed by atoms with van der Waals surface area (Å²) in [5.74, 6) is -0.0729. The lowest BCUT2D eigenvalue weighted by molar-refractivity contribution is -0.119. The van der Waals surface area contributed by atoms with Crippen LogP contribution in [0, 0.1) is 6.92 Å². The van der Waals surface area contributed by atoms with Crippen molar-refractivity contribution in [3.05, 3.63) is 58.7 Å². The van der Waals surface area contributed by atoms with Gasteiger partial charge in [0.1, 0.15) is 0 Å². The number of nitrogens with one attached hydrogen (secondary N) is 1. The minimum atomic E-state index is -0.132. The Kier molecular flexibility index (Phi) is 3.41. The van der Waals surface area contributed by atoms with Gasteiger partial charge in [-0.2, -0.15) is 0 Å². The molecule has 1 N–H and O–H groups in total. The first-order chi connectivity index (χ1) is 11.5.